The summed E-state index contributed by atoms with van der Waals surface area (Å²) >= 11 is 15.3. The van der Waals surface area contributed by atoms with Gasteiger partial charge < -0.3 is 5.32 Å². The molecule has 0 saturated heterocycles. The molecule has 0 aliphatic rings. The molecular formula is C16H14BrCl2NO. The van der Waals surface area contributed by atoms with Gasteiger partial charge in [0.1, 0.15) is 0 Å². The lowest BCUT2D eigenvalue weighted by Gasteiger charge is -2.09. The molecule has 0 radical (unpaired) electrons. The smallest absolute Gasteiger partial charge is 0.257 e. The van der Waals surface area contributed by atoms with Crippen LogP contribution < -0.4 is 5.32 Å². The Bertz CT molecular complexity index is 646. The monoisotopic (exact) mass is 385 g/mol. The van der Waals surface area contributed by atoms with Crippen molar-refractivity contribution >= 4 is 50.7 Å². The number of hydrogen-bond acceptors (Lipinski definition) is 1. The summed E-state index contributed by atoms with van der Waals surface area (Å²) < 4.78 is 0. The number of anilines is 1. The van der Waals surface area contributed by atoms with Gasteiger partial charge >= 0.3 is 0 Å². The van der Waals surface area contributed by atoms with Crippen LogP contribution in [0.25, 0.3) is 0 Å². The quantitative estimate of drug-likeness (QED) is 0.668. The molecule has 0 fully saturated rings. The van der Waals surface area contributed by atoms with Crippen LogP contribution in [-0.4, -0.2) is 11.2 Å². The van der Waals surface area contributed by atoms with Crippen molar-refractivity contribution in [3.8, 4) is 0 Å². The van der Waals surface area contributed by atoms with Gasteiger partial charge in [0.2, 0.25) is 0 Å². The van der Waals surface area contributed by atoms with Gasteiger partial charge in [-0.25, -0.2) is 0 Å². The van der Waals surface area contributed by atoms with Crippen LogP contribution in [0.1, 0.15) is 22.3 Å². The number of aryl methyl sites for hydroxylation is 1. The molecule has 2 rings (SSSR count). The second kappa shape index (κ2) is 7.83. The summed E-state index contributed by atoms with van der Waals surface area (Å²) in [4.78, 5) is 12.3. The van der Waals surface area contributed by atoms with Gasteiger partial charge in [0, 0.05) is 16.0 Å². The van der Waals surface area contributed by atoms with E-state index in [0.717, 1.165) is 23.9 Å². The number of halogens is 3. The van der Waals surface area contributed by atoms with Crippen LogP contribution in [0.5, 0.6) is 0 Å². The molecular weight excluding hydrogens is 373 g/mol. The minimum atomic E-state index is -0.264. The summed E-state index contributed by atoms with van der Waals surface area (Å²) in [6, 6.07) is 12.6. The van der Waals surface area contributed by atoms with E-state index in [0.29, 0.717) is 15.6 Å². The predicted octanol–water partition coefficient (Wildman–Crippen LogP) is 5.57. The van der Waals surface area contributed by atoms with Crippen LogP contribution in [0.2, 0.25) is 10.0 Å². The lowest BCUT2D eigenvalue weighted by molar-refractivity contribution is 0.102. The molecule has 2 aromatic carbocycles. The van der Waals surface area contributed by atoms with Gasteiger partial charge in [-0.2, -0.15) is 0 Å². The fourth-order valence-electron chi connectivity index (χ4n) is 1.95. The van der Waals surface area contributed by atoms with E-state index in [1.54, 1.807) is 18.2 Å². The molecule has 5 heteroatoms. The Morgan fingerprint density at radius 1 is 1.14 bits per heavy atom. The minimum absolute atomic E-state index is 0.264. The summed E-state index contributed by atoms with van der Waals surface area (Å²) in [6.07, 6.45) is 2.02. The van der Waals surface area contributed by atoms with Crippen LogP contribution >= 0.6 is 39.1 Å². The normalized spacial score (nSPS) is 10.4. The van der Waals surface area contributed by atoms with Crippen molar-refractivity contribution in [2.45, 2.75) is 12.8 Å². The highest BCUT2D eigenvalue weighted by Gasteiger charge is 2.11. The summed E-state index contributed by atoms with van der Waals surface area (Å²) in [5.41, 5.74) is 2.31. The molecule has 0 aliphatic carbocycles. The fourth-order valence-corrected chi connectivity index (χ4v) is 2.60. The second-order valence-electron chi connectivity index (χ2n) is 4.57. The van der Waals surface area contributed by atoms with Crippen molar-refractivity contribution in [1.82, 2.24) is 0 Å². The molecule has 0 spiro atoms. The maximum Gasteiger partial charge on any atom is 0.257 e. The number of carbonyl (C=O) groups is 1. The Kier molecular flexibility index (Phi) is 6.09. The number of nitrogens with one attached hydrogen (secondary N) is 1. The Morgan fingerprint density at radius 2 is 1.95 bits per heavy atom. The summed E-state index contributed by atoms with van der Waals surface area (Å²) in [5, 5.41) is 4.67. The number of benzene rings is 2. The van der Waals surface area contributed by atoms with Crippen molar-refractivity contribution in [2.24, 2.45) is 0 Å². The zero-order valence-electron chi connectivity index (χ0n) is 11.2. The van der Waals surface area contributed by atoms with Gasteiger partial charge in [-0.05, 0) is 48.7 Å². The average Bonchev–Trinajstić information content (AvgIpc) is 2.48. The highest BCUT2D eigenvalue weighted by atomic mass is 79.9. The molecule has 2 nitrogen and oxygen atoms in total. The first-order valence-corrected chi connectivity index (χ1v) is 8.39. The summed E-state index contributed by atoms with van der Waals surface area (Å²) in [5.74, 6) is -0.264. The number of alkyl halides is 1. The van der Waals surface area contributed by atoms with E-state index < -0.39 is 0 Å². The van der Waals surface area contributed by atoms with Crippen LogP contribution in [0.4, 0.5) is 5.69 Å². The van der Waals surface area contributed by atoms with E-state index in [9.17, 15) is 4.79 Å². The van der Waals surface area contributed by atoms with E-state index in [-0.39, 0.29) is 5.91 Å². The highest BCUT2D eigenvalue weighted by molar-refractivity contribution is 9.09. The van der Waals surface area contributed by atoms with Gasteiger partial charge in [-0.1, -0.05) is 51.3 Å². The van der Waals surface area contributed by atoms with Gasteiger partial charge in [-0.3, -0.25) is 4.79 Å². The lowest BCUT2D eigenvalue weighted by atomic mass is 10.1. The van der Waals surface area contributed by atoms with Gasteiger partial charge in [0.25, 0.3) is 5.91 Å². The van der Waals surface area contributed by atoms with Crippen molar-refractivity contribution < 1.29 is 4.79 Å². The van der Waals surface area contributed by atoms with Gasteiger partial charge in [0.15, 0.2) is 0 Å². The Morgan fingerprint density at radius 3 is 2.71 bits per heavy atom. The Balaban J connectivity index is 2.14. The number of carbonyl (C=O) groups excluding carboxylic acids is 1. The summed E-state index contributed by atoms with van der Waals surface area (Å²) in [6.45, 7) is 0. The first-order valence-electron chi connectivity index (χ1n) is 6.51. The van der Waals surface area contributed by atoms with Crippen molar-refractivity contribution in [1.29, 1.82) is 0 Å². The first-order chi connectivity index (χ1) is 10.1. The molecule has 0 aliphatic heterocycles. The predicted molar refractivity (Wildman–Crippen MR) is 93.0 cm³/mol. The molecule has 2 aromatic rings. The molecule has 21 heavy (non-hydrogen) atoms. The Labute approximate surface area is 142 Å². The lowest BCUT2D eigenvalue weighted by Crippen LogP contribution is -2.12. The third-order valence-electron chi connectivity index (χ3n) is 2.96. The Hall–Kier alpha value is -1.03. The third-order valence-corrected chi connectivity index (χ3v) is 4.08. The standard InChI is InChI=1S/C16H14BrCl2NO/c17-8-2-4-11-3-1-5-13(9-11)20-16(21)14-10-12(18)6-7-15(14)19/h1,3,5-7,9-10H,2,4,8H2,(H,20,21). The zero-order valence-corrected chi connectivity index (χ0v) is 14.3. The zero-order chi connectivity index (χ0) is 15.2. The first kappa shape index (κ1) is 16.3. The largest absolute Gasteiger partial charge is 0.322 e. The minimum Gasteiger partial charge on any atom is -0.322 e. The molecule has 0 saturated carbocycles. The second-order valence-corrected chi connectivity index (χ2v) is 6.21. The van der Waals surface area contributed by atoms with Crippen LogP contribution in [-0.2, 0) is 6.42 Å². The van der Waals surface area contributed by atoms with E-state index in [1.165, 1.54) is 5.56 Å². The number of rotatable bonds is 5. The van der Waals surface area contributed by atoms with Gasteiger partial charge in [-0.15, -0.1) is 0 Å². The van der Waals surface area contributed by atoms with E-state index in [4.69, 9.17) is 23.2 Å². The van der Waals surface area contributed by atoms with Gasteiger partial charge in [0.05, 0.1) is 10.6 Å². The molecule has 0 heterocycles. The maximum absolute atomic E-state index is 12.3. The SMILES string of the molecule is O=C(Nc1cccc(CCCBr)c1)c1cc(Cl)ccc1Cl. The van der Waals surface area contributed by atoms with E-state index in [1.807, 2.05) is 24.3 Å². The molecule has 110 valence electrons. The molecule has 1 N–H and O–H groups in total. The van der Waals surface area contributed by atoms with Crippen LogP contribution in [0.15, 0.2) is 42.5 Å². The van der Waals surface area contributed by atoms with E-state index >= 15 is 0 Å². The van der Waals surface area contributed by atoms with Crippen LogP contribution in [0, 0.1) is 0 Å². The van der Waals surface area contributed by atoms with E-state index in [2.05, 4.69) is 21.2 Å². The highest BCUT2D eigenvalue weighted by Crippen LogP contribution is 2.22. The fraction of sp³-hybridized carbons (Fsp3) is 0.188. The number of amides is 1. The molecule has 0 aromatic heterocycles. The van der Waals surface area contributed by atoms with Crippen molar-refractivity contribution in [2.75, 3.05) is 10.6 Å². The topological polar surface area (TPSA) is 29.1 Å². The molecule has 0 bridgehead atoms. The van der Waals surface area contributed by atoms with Crippen LogP contribution in [0.3, 0.4) is 0 Å². The molecule has 0 unspecified atom stereocenters. The summed E-state index contributed by atoms with van der Waals surface area (Å²) in [7, 11) is 0. The van der Waals surface area contributed by atoms with Crippen molar-refractivity contribution in [3.05, 3.63) is 63.6 Å². The maximum atomic E-state index is 12.3. The molecule has 1 amide bonds. The number of hydrogen-bond donors (Lipinski definition) is 1. The average molecular weight is 387 g/mol. The third kappa shape index (κ3) is 4.73. The molecule has 0 atom stereocenters. The van der Waals surface area contributed by atoms with Crippen molar-refractivity contribution in [3.63, 3.8) is 0 Å².